The summed E-state index contributed by atoms with van der Waals surface area (Å²) in [5, 5.41) is 2.88. The maximum absolute atomic E-state index is 13.8. The molecule has 1 aromatic heterocycles. The number of carbonyl (C=O) groups is 1. The lowest BCUT2D eigenvalue weighted by atomic mass is 9.80. The SMILES string of the molecule is CC.NCCCCCS(=O)(=O)Nc1ccc2nc(CC3CCC(C(=O)NCc4ccccc4F)CC3)[nH]c2c1. The van der Waals surface area contributed by atoms with Gasteiger partial charge in [0, 0.05) is 24.4 Å². The van der Waals surface area contributed by atoms with Crippen LogP contribution in [0.5, 0.6) is 0 Å². The summed E-state index contributed by atoms with van der Waals surface area (Å²) >= 11 is 0. The van der Waals surface area contributed by atoms with Crippen molar-refractivity contribution in [3.63, 3.8) is 0 Å². The van der Waals surface area contributed by atoms with Crippen molar-refractivity contribution in [2.45, 2.75) is 71.8 Å². The van der Waals surface area contributed by atoms with Crippen molar-refractivity contribution < 1.29 is 17.6 Å². The molecule has 1 saturated carbocycles. The molecule has 1 heterocycles. The molecule has 0 bridgehead atoms. The van der Waals surface area contributed by atoms with Gasteiger partial charge in [-0.1, -0.05) is 38.5 Å². The molecule has 0 aliphatic heterocycles. The second-order valence-corrected chi connectivity index (χ2v) is 11.8. The molecule has 0 saturated heterocycles. The van der Waals surface area contributed by atoms with Crippen LogP contribution in [0, 0.1) is 17.7 Å². The third-order valence-corrected chi connectivity index (χ3v) is 8.40. The smallest absolute Gasteiger partial charge is 0.232 e. The van der Waals surface area contributed by atoms with Crippen LogP contribution in [0.1, 0.15) is 70.2 Å². The first-order valence-corrected chi connectivity index (χ1v) is 15.7. The van der Waals surface area contributed by atoms with Gasteiger partial charge in [0.05, 0.1) is 22.5 Å². The molecule has 39 heavy (non-hydrogen) atoms. The highest BCUT2D eigenvalue weighted by Gasteiger charge is 2.27. The molecule has 3 aromatic rings. The molecular weight excluding hydrogens is 517 g/mol. The quantitative estimate of drug-likeness (QED) is 0.225. The summed E-state index contributed by atoms with van der Waals surface area (Å²) in [6.07, 6.45) is 6.41. The Kier molecular flexibility index (Phi) is 11.7. The normalized spacial score (nSPS) is 17.3. The largest absolute Gasteiger partial charge is 0.352 e. The number of hydrogen-bond donors (Lipinski definition) is 4. The summed E-state index contributed by atoms with van der Waals surface area (Å²) in [5.74, 6) is 0.986. The molecule has 10 heteroatoms. The fourth-order valence-corrected chi connectivity index (χ4v) is 6.11. The number of sulfonamides is 1. The number of carbonyl (C=O) groups excluding carboxylic acids is 1. The van der Waals surface area contributed by atoms with Crippen molar-refractivity contribution in [1.29, 1.82) is 0 Å². The molecule has 0 atom stereocenters. The Balaban J connectivity index is 0.00000205. The molecule has 1 fully saturated rings. The van der Waals surface area contributed by atoms with Gasteiger partial charge in [-0.15, -0.1) is 0 Å². The summed E-state index contributed by atoms with van der Waals surface area (Å²) in [6.45, 7) is 4.77. The van der Waals surface area contributed by atoms with Crippen LogP contribution in [0.15, 0.2) is 42.5 Å². The van der Waals surface area contributed by atoms with Gasteiger partial charge in [0.15, 0.2) is 0 Å². The van der Waals surface area contributed by atoms with E-state index in [-0.39, 0.29) is 29.9 Å². The summed E-state index contributed by atoms with van der Waals surface area (Å²) in [4.78, 5) is 20.6. The van der Waals surface area contributed by atoms with Gasteiger partial charge >= 0.3 is 0 Å². The summed E-state index contributed by atoms with van der Waals surface area (Å²) < 4.78 is 41.2. The van der Waals surface area contributed by atoms with Crippen LogP contribution in [0.3, 0.4) is 0 Å². The van der Waals surface area contributed by atoms with Crippen LogP contribution in [0.25, 0.3) is 11.0 Å². The number of nitrogens with two attached hydrogens (primary N) is 1. The van der Waals surface area contributed by atoms with E-state index in [1.54, 1.807) is 30.3 Å². The number of fused-ring (bicyclic) bond motifs is 1. The minimum atomic E-state index is -3.41. The number of amides is 1. The first-order chi connectivity index (χ1) is 18.8. The van der Waals surface area contributed by atoms with Gasteiger partial charge in [0.25, 0.3) is 0 Å². The van der Waals surface area contributed by atoms with Crippen LogP contribution in [0.2, 0.25) is 0 Å². The lowest BCUT2D eigenvalue weighted by Gasteiger charge is -2.27. The minimum Gasteiger partial charge on any atom is -0.352 e. The van der Waals surface area contributed by atoms with Crippen LogP contribution in [-0.4, -0.2) is 36.6 Å². The predicted octanol–water partition coefficient (Wildman–Crippen LogP) is 5.26. The van der Waals surface area contributed by atoms with Gasteiger partial charge in [-0.05, 0) is 75.3 Å². The molecule has 0 radical (unpaired) electrons. The molecule has 5 N–H and O–H groups in total. The topological polar surface area (TPSA) is 130 Å². The van der Waals surface area contributed by atoms with Crippen molar-refractivity contribution in [3.05, 3.63) is 59.7 Å². The lowest BCUT2D eigenvalue weighted by molar-refractivity contribution is -0.126. The van der Waals surface area contributed by atoms with E-state index in [2.05, 4.69) is 20.0 Å². The zero-order valence-electron chi connectivity index (χ0n) is 23.0. The van der Waals surface area contributed by atoms with E-state index < -0.39 is 10.0 Å². The number of halogens is 1. The Bertz CT molecular complexity index is 1300. The highest BCUT2D eigenvalue weighted by Crippen LogP contribution is 2.31. The zero-order valence-corrected chi connectivity index (χ0v) is 23.8. The van der Waals surface area contributed by atoms with Crippen LogP contribution >= 0.6 is 0 Å². The van der Waals surface area contributed by atoms with E-state index >= 15 is 0 Å². The number of unbranched alkanes of at least 4 members (excludes halogenated alkanes) is 2. The van der Waals surface area contributed by atoms with Gasteiger partial charge in [0.1, 0.15) is 11.6 Å². The van der Waals surface area contributed by atoms with Gasteiger partial charge in [-0.25, -0.2) is 17.8 Å². The van der Waals surface area contributed by atoms with Crippen molar-refractivity contribution in [2.75, 3.05) is 17.0 Å². The molecule has 0 unspecified atom stereocenters. The Morgan fingerprint density at radius 2 is 1.82 bits per heavy atom. The van der Waals surface area contributed by atoms with E-state index in [9.17, 15) is 17.6 Å². The van der Waals surface area contributed by atoms with Crippen LogP contribution < -0.4 is 15.8 Å². The van der Waals surface area contributed by atoms with Crippen molar-refractivity contribution in [1.82, 2.24) is 15.3 Å². The number of hydrogen-bond acceptors (Lipinski definition) is 5. The number of aromatic amines is 1. The Morgan fingerprint density at radius 3 is 2.54 bits per heavy atom. The molecule has 1 aliphatic carbocycles. The molecule has 1 amide bonds. The van der Waals surface area contributed by atoms with Crippen molar-refractivity contribution >= 4 is 32.7 Å². The first kappa shape index (κ1) is 30.6. The second-order valence-electron chi connectivity index (χ2n) is 9.92. The molecule has 4 rings (SSSR count). The van der Waals surface area contributed by atoms with Crippen LogP contribution in [0.4, 0.5) is 10.1 Å². The number of imidazole rings is 1. The molecule has 1 aliphatic rings. The third kappa shape index (κ3) is 9.32. The monoisotopic (exact) mass is 559 g/mol. The second kappa shape index (κ2) is 15.0. The average molecular weight is 560 g/mol. The molecule has 2 aromatic carbocycles. The number of rotatable bonds is 12. The maximum atomic E-state index is 13.8. The fraction of sp³-hybridized carbons (Fsp3) is 0.517. The summed E-state index contributed by atoms with van der Waals surface area (Å²) in [6, 6.07) is 11.8. The number of aromatic nitrogens is 2. The number of benzene rings is 2. The Morgan fingerprint density at radius 1 is 1.08 bits per heavy atom. The maximum Gasteiger partial charge on any atom is 0.232 e. The lowest BCUT2D eigenvalue weighted by Crippen LogP contribution is -2.33. The fourth-order valence-electron chi connectivity index (χ4n) is 4.94. The van der Waals surface area contributed by atoms with E-state index in [0.29, 0.717) is 30.1 Å². The Hall–Kier alpha value is -2.98. The van der Waals surface area contributed by atoms with Gasteiger partial charge in [-0.3, -0.25) is 9.52 Å². The highest BCUT2D eigenvalue weighted by atomic mass is 32.2. The van der Waals surface area contributed by atoms with Crippen LogP contribution in [-0.2, 0) is 27.8 Å². The van der Waals surface area contributed by atoms with E-state index in [4.69, 9.17) is 5.73 Å². The standard InChI is InChI=1S/C27H36FN5O3S.C2H6/c28-23-7-3-2-6-21(23)18-30-27(34)20-10-8-19(9-11-20)16-26-31-24-13-12-22(17-25(24)32-26)33-37(35,36)15-5-1-4-14-29;1-2/h2-3,6-7,12-13,17,19-20,33H,1,4-5,8-11,14-16,18,29H2,(H,30,34)(H,31,32);1-2H3. The number of nitrogens with one attached hydrogen (secondary N) is 3. The molecule has 8 nitrogen and oxygen atoms in total. The number of anilines is 1. The Labute approximate surface area is 231 Å². The van der Waals surface area contributed by atoms with E-state index in [1.165, 1.54) is 6.07 Å². The van der Waals surface area contributed by atoms with Gasteiger partial charge < -0.3 is 16.0 Å². The summed E-state index contributed by atoms with van der Waals surface area (Å²) in [7, 11) is -3.41. The summed E-state index contributed by atoms with van der Waals surface area (Å²) in [5.41, 5.74) is 8.06. The van der Waals surface area contributed by atoms with Crippen molar-refractivity contribution in [2.24, 2.45) is 17.6 Å². The highest BCUT2D eigenvalue weighted by molar-refractivity contribution is 7.92. The molecule has 214 valence electrons. The third-order valence-electron chi connectivity index (χ3n) is 7.03. The predicted molar refractivity (Wildman–Crippen MR) is 155 cm³/mol. The minimum absolute atomic E-state index is 0.0141. The molecular formula is C29H42FN5O3S. The first-order valence-electron chi connectivity index (χ1n) is 14.0. The molecule has 0 spiro atoms. The van der Waals surface area contributed by atoms with Gasteiger partial charge in [-0.2, -0.15) is 0 Å². The number of nitrogens with zero attached hydrogens (tertiary/aromatic N) is 1. The van der Waals surface area contributed by atoms with E-state index in [1.807, 2.05) is 19.9 Å². The van der Waals surface area contributed by atoms with E-state index in [0.717, 1.165) is 61.8 Å². The number of H-pyrrole nitrogens is 1. The van der Waals surface area contributed by atoms with Gasteiger partial charge in [0.2, 0.25) is 15.9 Å². The van der Waals surface area contributed by atoms with Crippen molar-refractivity contribution in [3.8, 4) is 0 Å². The average Bonchev–Trinajstić information content (AvgIpc) is 3.33. The zero-order chi connectivity index (χ0) is 28.3.